The van der Waals surface area contributed by atoms with Crippen LogP contribution in [-0.2, 0) is 24.1 Å². The Labute approximate surface area is 114 Å². The highest BCUT2D eigenvalue weighted by Crippen LogP contribution is 1.99. The van der Waals surface area contributed by atoms with Gasteiger partial charge in [-0.1, -0.05) is 5.11 Å². The number of hydrogen-bond donors (Lipinski definition) is 1. The monoisotopic (exact) mass is 302 g/mol. The molecule has 0 aliphatic rings. The third-order valence-electron chi connectivity index (χ3n) is 2.49. The van der Waals surface area contributed by atoms with Gasteiger partial charge in [-0.3, -0.25) is 9.36 Å². The van der Waals surface area contributed by atoms with Gasteiger partial charge in [-0.05, 0) is 12.0 Å². The second kappa shape index (κ2) is 6.37. The molecule has 0 atom stereocenters. The molecule has 1 heterocycles. The Morgan fingerprint density at radius 1 is 1.40 bits per heavy atom. The Balaban J connectivity index is 3.02. The van der Waals surface area contributed by atoms with Crippen molar-refractivity contribution in [2.24, 2.45) is 19.2 Å². The smallest absolute Gasteiger partial charge is 0.302 e. The van der Waals surface area contributed by atoms with Crippen LogP contribution in [0.4, 0.5) is 0 Å². The summed E-state index contributed by atoms with van der Waals surface area (Å²) in [5.74, 6) is 0. The van der Waals surface area contributed by atoms with E-state index < -0.39 is 26.2 Å². The standard InChI is InChI=1S/C9H14N6O4S/c1-14-6-7(8(16)15(2)9(14)17)20(18,19)12-5-3-4-11-13-10/h6,12H,3-5H2,1-2H3. The maximum atomic E-state index is 12.0. The summed E-state index contributed by atoms with van der Waals surface area (Å²) in [6.07, 6.45) is 1.27. The Morgan fingerprint density at radius 3 is 2.65 bits per heavy atom. The lowest BCUT2D eigenvalue weighted by molar-refractivity contribution is 0.569. The lowest BCUT2D eigenvalue weighted by atomic mass is 10.4. The van der Waals surface area contributed by atoms with Gasteiger partial charge in [0.2, 0.25) is 10.0 Å². The summed E-state index contributed by atoms with van der Waals surface area (Å²) < 4.78 is 27.9. The Kier molecular flexibility index (Phi) is 5.08. The van der Waals surface area contributed by atoms with Gasteiger partial charge in [0.15, 0.2) is 4.90 Å². The van der Waals surface area contributed by atoms with Crippen molar-refractivity contribution < 1.29 is 8.42 Å². The molecule has 0 saturated carbocycles. The number of rotatable bonds is 6. The molecule has 0 spiro atoms. The molecule has 1 aromatic heterocycles. The average molecular weight is 302 g/mol. The zero-order valence-electron chi connectivity index (χ0n) is 11.0. The van der Waals surface area contributed by atoms with Gasteiger partial charge >= 0.3 is 5.69 Å². The molecule has 1 rings (SSSR count). The van der Waals surface area contributed by atoms with Crippen molar-refractivity contribution in [3.05, 3.63) is 37.5 Å². The zero-order chi connectivity index (χ0) is 15.3. The number of aryl methyl sites for hydroxylation is 1. The molecule has 0 radical (unpaired) electrons. The molecule has 0 aliphatic heterocycles. The van der Waals surface area contributed by atoms with Crippen molar-refractivity contribution in [2.75, 3.05) is 13.1 Å². The predicted molar refractivity (Wildman–Crippen MR) is 70.7 cm³/mol. The molecule has 0 aromatic carbocycles. The lowest BCUT2D eigenvalue weighted by Gasteiger charge is -2.08. The average Bonchev–Trinajstić information content (AvgIpc) is 2.40. The van der Waals surface area contributed by atoms with E-state index >= 15 is 0 Å². The summed E-state index contributed by atoms with van der Waals surface area (Å²) in [5.41, 5.74) is 6.56. The fraction of sp³-hybridized carbons (Fsp3) is 0.556. The molecule has 0 amide bonds. The van der Waals surface area contributed by atoms with Crippen molar-refractivity contribution in [3.8, 4) is 0 Å². The molecule has 0 saturated heterocycles. The van der Waals surface area contributed by atoms with E-state index in [4.69, 9.17) is 5.53 Å². The molecule has 11 heteroatoms. The van der Waals surface area contributed by atoms with Crippen LogP contribution >= 0.6 is 0 Å². The summed E-state index contributed by atoms with van der Waals surface area (Å²) in [5, 5.41) is 3.26. The second-order valence-electron chi connectivity index (χ2n) is 3.96. The first-order valence-corrected chi connectivity index (χ1v) is 7.06. The minimum atomic E-state index is -4.02. The van der Waals surface area contributed by atoms with E-state index in [0.717, 1.165) is 10.8 Å². The topological polar surface area (TPSA) is 139 Å². The third kappa shape index (κ3) is 3.47. The SMILES string of the molecule is Cn1cc(S(=O)(=O)NCCCN=[N+]=[N-])c(=O)n(C)c1=O. The van der Waals surface area contributed by atoms with Crippen LogP contribution in [0.15, 0.2) is 25.8 Å². The summed E-state index contributed by atoms with van der Waals surface area (Å²) in [7, 11) is -1.47. The first kappa shape index (κ1) is 16.0. The van der Waals surface area contributed by atoms with Gasteiger partial charge in [0.1, 0.15) is 0 Å². The number of azide groups is 1. The van der Waals surface area contributed by atoms with E-state index in [1.54, 1.807) is 0 Å². The van der Waals surface area contributed by atoms with E-state index in [0.29, 0.717) is 11.0 Å². The summed E-state index contributed by atoms with van der Waals surface area (Å²) in [4.78, 5) is 25.3. The summed E-state index contributed by atoms with van der Waals surface area (Å²) in [6.45, 7) is 0.164. The molecule has 1 N–H and O–H groups in total. The highest BCUT2D eigenvalue weighted by atomic mass is 32.2. The lowest BCUT2D eigenvalue weighted by Crippen LogP contribution is -2.41. The Bertz CT molecular complexity index is 756. The normalized spacial score (nSPS) is 11.1. The number of aromatic nitrogens is 2. The van der Waals surface area contributed by atoms with Crippen LogP contribution in [0.1, 0.15) is 6.42 Å². The molecule has 0 unspecified atom stereocenters. The first-order valence-electron chi connectivity index (χ1n) is 5.58. The van der Waals surface area contributed by atoms with Gasteiger partial charge < -0.3 is 4.57 Å². The fourth-order valence-corrected chi connectivity index (χ4v) is 2.67. The highest BCUT2D eigenvalue weighted by Gasteiger charge is 2.20. The van der Waals surface area contributed by atoms with E-state index in [1.165, 1.54) is 14.1 Å². The molecule has 1 aromatic rings. The quantitative estimate of drug-likeness (QED) is 0.313. The highest BCUT2D eigenvalue weighted by molar-refractivity contribution is 7.89. The van der Waals surface area contributed by atoms with Gasteiger partial charge in [-0.2, -0.15) is 0 Å². The maximum absolute atomic E-state index is 12.0. The van der Waals surface area contributed by atoms with E-state index in [2.05, 4.69) is 14.7 Å². The van der Waals surface area contributed by atoms with Gasteiger partial charge in [0.05, 0.1) is 0 Å². The Hall–Kier alpha value is -2.10. The van der Waals surface area contributed by atoms with Crippen LogP contribution in [-0.4, -0.2) is 30.6 Å². The van der Waals surface area contributed by atoms with Crippen molar-refractivity contribution in [2.45, 2.75) is 11.3 Å². The van der Waals surface area contributed by atoms with Crippen LogP contribution in [0.25, 0.3) is 10.4 Å². The maximum Gasteiger partial charge on any atom is 0.330 e. The van der Waals surface area contributed by atoms with Crippen LogP contribution in [0.2, 0.25) is 0 Å². The molecule has 0 bridgehead atoms. The van der Waals surface area contributed by atoms with E-state index in [-0.39, 0.29) is 13.1 Å². The minimum Gasteiger partial charge on any atom is -0.302 e. The fourth-order valence-electron chi connectivity index (χ4n) is 1.44. The van der Waals surface area contributed by atoms with Crippen LogP contribution in [0.5, 0.6) is 0 Å². The third-order valence-corrected chi connectivity index (χ3v) is 3.94. The van der Waals surface area contributed by atoms with Gasteiger partial charge in [0.25, 0.3) is 5.56 Å². The predicted octanol–water partition coefficient (Wildman–Crippen LogP) is -0.937. The van der Waals surface area contributed by atoms with E-state index in [1.807, 2.05) is 0 Å². The van der Waals surface area contributed by atoms with E-state index in [9.17, 15) is 18.0 Å². The van der Waals surface area contributed by atoms with Crippen LogP contribution in [0, 0.1) is 0 Å². The zero-order valence-corrected chi connectivity index (χ0v) is 11.8. The van der Waals surface area contributed by atoms with Crippen molar-refractivity contribution >= 4 is 10.0 Å². The van der Waals surface area contributed by atoms with Gasteiger partial charge in [0, 0.05) is 38.3 Å². The largest absolute Gasteiger partial charge is 0.330 e. The minimum absolute atomic E-state index is 0.0212. The first-order chi connectivity index (χ1) is 9.31. The number of nitrogens with zero attached hydrogens (tertiary/aromatic N) is 5. The Morgan fingerprint density at radius 2 is 2.05 bits per heavy atom. The molecule has 0 aliphatic carbocycles. The molecule has 110 valence electrons. The van der Waals surface area contributed by atoms with Crippen molar-refractivity contribution in [3.63, 3.8) is 0 Å². The van der Waals surface area contributed by atoms with Gasteiger partial charge in [-0.15, -0.1) is 0 Å². The second-order valence-corrected chi connectivity index (χ2v) is 5.69. The van der Waals surface area contributed by atoms with Crippen molar-refractivity contribution in [1.29, 1.82) is 0 Å². The van der Waals surface area contributed by atoms with Crippen molar-refractivity contribution in [1.82, 2.24) is 13.9 Å². The molecule has 10 nitrogen and oxygen atoms in total. The molecule has 0 fully saturated rings. The summed E-state index contributed by atoms with van der Waals surface area (Å²) >= 11 is 0. The number of sulfonamides is 1. The molecule has 20 heavy (non-hydrogen) atoms. The number of hydrogen-bond acceptors (Lipinski definition) is 5. The molecular weight excluding hydrogens is 288 g/mol. The molecular formula is C9H14N6O4S. The number of nitrogens with one attached hydrogen (secondary N) is 1. The summed E-state index contributed by atoms with van der Waals surface area (Å²) in [6, 6.07) is 0. The van der Waals surface area contributed by atoms with Crippen LogP contribution in [0.3, 0.4) is 0 Å². The van der Waals surface area contributed by atoms with Gasteiger partial charge in [-0.25, -0.2) is 17.9 Å². The van der Waals surface area contributed by atoms with Crippen LogP contribution < -0.4 is 16.0 Å².